The first kappa shape index (κ1) is 19.8. The molecule has 4 heterocycles. The number of fused-ring (bicyclic) bond motifs is 2. The lowest BCUT2D eigenvalue weighted by atomic mass is 10.1. The molecule has 8 nitrogen and oxygen atoms in total. The molecule has 1 aliphatic rings. The summed E-state index contributed by atoms with van der Waals surface area (Å²) in [6.45, 7) is 1.89. The van der Waals surface area contributed by atoms with E-state index in [4.69, 9.17) is 9.72 Å². The normalized spacial score (nSPS) is 13.5. The Morgan fingerprint density at radius 2 is 2.06 bits per heavy atom. The smallest absolute Gasteiger partial charge is 0.258 e. The summed E-state index contributed by atoms with van der Waals surface area (Å²) in [4.78, 5) is 27.4. The Morgan fingerprint density at radius 3 is 2.82 bits per heavy atom. The van der Waals surface area contributed by atoms with E-state index in [1.807, 2.05) is 49.4 Å². The fourth-order valence-electron chi connectivity index (χ4n) is 3.96. The first-order valence-electron chi connectivity index (χ1n) is 10.7. The maximum Gasteiger partial charge on any atom is 0.258 e. The number of benzene rings is 1. The standard InChI is InChI=1S/C24H20N6O2S/c1-13-21-16(23(31)28-24-27-17-9-8-15(32-2)11-19(17)33-24)12-18(14-6-7-14)26-22(21)30(29-13)20-5-3-4-10-25-20/h3-5,8-12,14H,6-7H2,1-2H3,(H,27,28,31). The molecule has 5 aromatic rings. The van der Waals surface area contributed by atoms with Crippen LogP contribution < -0.4 is 10.1 Å². The number of nitrogens with one attached hydrogen (secondary N) is 1. The predicted octanol–water partition coefficient (Wildman–Crippen LogP) is 4.87. The number of thiazole rings is 1. The number of methoxy groups -OCH3 is 1. The average molecular weight is 457 g/mol. The molecule has 1 aromatic carbocycles. The van der Waals surface area contributed by atoms with Crippen molar-refractivity contribution in [3.05, 3.63) is 65.6 Å². The van der Waals surface area contributed by atoms with E-state index < -0.39 is 0 Å². The van der Waals surface area contributed by atoms with Gasteiger partial charge in [-0.15, -0.1) is 0 Å². The highest BCUT2D eigenvalue weighted by Gasteiger charge is 2.29. The summed E-state index contributed by atoms with van der Waals surface area (Å²) in [6.07, 6.45) is 3.88. The molecule has 1 amide bonds. The molecule has 4 aromatic heterocycles. The van der Waals surface area contributed by atoms with Crippen LogP contribution in [0.25, 0.3) is 27.1 Å². The number of hydrogen-bond acceptors (Lipinski definition) is 7. The molecular weight excluding hydrogens is 436 g/mol. The maximum absolute atomic E-state index is 13.5. The predicted molar refractivity (Wildman–Crippen MR) is 127 cm³/mol. The van der Waals surface area contributed by atoms with Crippen molar-refractivity contribution < 1.29 is 9.53 Å². The van der Waals surface area contributed by atoms with Gasteiger partial charge in [0.05, 0.1) is 34.0 Å². The van der Waals surface area contributed by atoms with Gasteiger partial charge >= 0.3 is 0 Å². The van der Waals surface area contributed by atoms with Crippen molar-refractivity contribution in [1.82, 2.24) is 24.7 Å². The van der Waals surface area contributed by atoms with Gasteiger partial charge in [0.2, 0.25) is 0 Å². The summed E-state index contributed by atoms with van der Waals surface area (Å²) in [7, 11) is 1.63. The SMILES string of the molecule is COc1ccc2nc(NC(=O)c3cc(C4CC4)nc4c3c(C)nn4-c3ccccn3)sc2c1. The van der Waals surface area contributed by atoms with Crippen molar-refractivity contribution in [3.8, 4) is 11.6 Å². The molecular formula is C24H20N6O2S. The summed E-state index contributed by atoms with van der Waals surface area (Å²) < 4.78 is 7.96. The minimum absolute atomic E-state index is 0.223. The summed E-state index contributed by atoms with van der Waals surface area (Å²) in [5.41, 5.74) is 3.66. The van der Waals surface area contributed by atoms with Crippen LogP contribution in [0.3, 0.4) is 0 Å². The van der Waals surface area contributed by atoms with Gasteiger partial charge in [0.1, 0.15) is 5.75 Å². The molecule has 0 aliphatic heterocycles. The van der Waals surface area contributed by atoms with Gasteiger partial charge < -0.3 is 4.74 Å². The maximum atomic E-state index is 13.5. The van der Waals surface area contributed by atoms with Gasteiger partial charge in [-0.25, -0.2) is 15.0 Å². The van der Waals surface area contributed by atoms with Gasteiger partial charge in [0.15, 0.2) is 16.6 Å². The number of nitrogens with zero attached hydrogens (tertiary/aromatic N) is 5. The second kappa shape index (κ2) is 7.63. The lowest BCUT2D eigenvalue weighted by molar-refractivity contribution is 0.102. The molecule has 1 saturated carbocycles. The highest BCUT2D eigenvalue weighted by atomic mass is 32.1. The third kappa shape index (κ3) is 3.50. The van der Waals surface area contributed by atoms with Gasteiger partial charge in [-0.1, -0.05) is 17.4 Å². The van der Waals surface area contributed by atoms with E-state index >= 15 is 0 Å². The first-order chi connectivity index (χ1) is 16.1. The lowest BCUT2D eigenvalue weighted by Crippen LogP contribution is -2.13. The highest BCUT2D eigenvalue weighted by molar-refractivity contribution is 7.22. The molecule has 0 unspecified atom stereocenters. The molecule has 6 rings (SSSR count). The number of aryl methyl sites for hydroxylation is 1. The van der Waals surface area contributed by atoms with Gasteiger partial charge in [-0.3, -0.25) is 10.1 Å². The van der Waals surface area contributed by atoms with Crippen LogP contribution in [0.5, 0.6) is 5.75 Å². The van der Waals surface area contributed by atoms with Crippen LogP contribution in [0.1, 0.15) is 40.5 Å². The summed E-state index contributed by atoms with van der Waals surface area (Å²) in [5.74, 6) is 1.58. The third-order valence-corrected chi connectivity index (χ3v) is 6.69. The van der Waals surface area contributed by atoms with Gasteiger partial charge in [0, 0.05) is 17.8 Å². The van der Waals surface area contributed by atoms with E-state index in [1.54, 1.807) is 18.0 Å². The monoisotopic (exact) mass is 456 g/mol. The van der Waals surface area contributed by atoms with Crippen LogP contribution in [0.2, 0.25) is 0 Å². The van der Waals surface area contributed by atoms with Crippen molar-refractivity contribution >= 4 is 43.6 Å². The van der Waals surface area contributed by atoms with E-state index in [2.05, 4.69) is 20.4 Å². The molecule has 0 atom stereocenters. The summed E-state index contributed by atoms with van der Waals surface area (Å²) >= 11 is 1.41. The molecule has 1 N–H and O–H groups in total. The largest absolute Gasteiger partial charge is 0.497 e. The fourth-order valence-corrected chi connectivity index (χ4v) is 4.85. The molecule has 1 fully saturated rings. The number of anilines is 1. The van der Waals surface area contributed by atoms with Crippen LogP contribution in [0, 0.1) is 6.92 Å². The van der Waals surface area contributed by atoms with E-state index in [1.165, 1.54) is 11.3 Å². The Hall–Kier alpha value is -3.85. The molecule has 0 spiro atoms. The number of rotatable bonds is 5. The fraction of sp³-hybridized carbons (Fsp3) is 0.208. The number of hydrogen-bond donors (Lipinski definition) is 1. The molecule has 0 radical (unpaired) electrons. The molecule has 0 bridgehead atoms. The topological polar surface area (TPSA) is 94.8 Å². The van der Waals surface area contributed by atoms with Crippen LogP contribution in [0.4, 0.5) is 5.13 Å². The van der Waals surface area contributed by atoms with Gasteiger partial charge in [-0.2, -0.15) is 9.78 Å². The van der Waals surface area contributed by atoms with Gasteiger partial charge in [0.25, 0.3) is 5.91 Å². The second-order valence-corrected chi connectivity index (χ2v) is 9.09. The van der Waals surface area contributed by atoms with E-state index in [0.29, 0.717) is 28.1 Å². The quantitative estimate of drug-likeness (QED) is 0.405. The van der Waals surface area contributed by atoms with Crippen molar-refractivity contribution in [2.24, 2.45) is 0 Å². The number of carbonyl (C=O) groups excluding carboxylic acids is 1. The van der Waals surface area contributed by atoms with Crippen molar-refractivity contribution in [2.45, 2.75) is 25.7 Å². The lowest BCUT2D eigenvalue weighted by Gasteiger charge is -2.08. The first-order valence-corrected chi connectivity index (χ1v) is 11.5. The Kier molecular flexibility index (Phi) is 4.58. The molecule has 164 valence electrons. The van der Waals surface area contributed by atoms with Crippen LogP contribution >= 0.6 is 11.3 Å². The Labute approximate surface area is 193 Å². The minimum Gasteiger partial charge on any atom is -0.497 e. The number of pyridine rings is 2. The molecule has 1 aliphatic carbocycles. The van der Waals surface area contributed by atoms with Crippen LogP contribution in [-0.4, -0.2) is 37.7 Å². The molecule has 9 heteroatoms. The zero-order chi connectivity index (χ0) is 22.5. The van der Waals surface area contributed by atoms with E-state index in [-0.39, 0.29) is 5.91 Å². The molecule has 0 saturated heterocycles. The van der Waals surface area contributed by atoms with Crippen LogP contribution in [0.15, 0.2) is 48.7 Å². The molecule has 33 heavy (non-hydrogen) atoms. The Bertz CT molecular complexity index is 1520. The number of aromatic nitrogens is 5. The van der Waals surface area contributed by atoms with E-state index in [0.717, 1.165) is 45.6 Å². The van der Waals surface area contributed by atoms with Crippen LogP contribution in [-0.2, 0) is 0 Å². The summed E-state index contributed by atoms with van der Waals surface area (Å²) in [5, 5.41) is 8.92. The number of amides is 1. The number of ether oxygens (including phenoxy) is 1. The van der Waals surface area contributed by atoms with Crippen molar-refractivity contribution in [1.29, 1.82) is 0 Å². The zero-order valence-electron chi connectivity index (χ0n) is 18.1. The number of carbonyl (C=O) groups is 1. The Morgan fingerprint density at radius 1 is 1.18 bits per heavy atom. The van der Waals surface area contributed by atoms with E-state index in [9.17, 15) is 4.79 Å². The minimum atomic E-state index is -0.223. The zero-order valence-corrected chi connectivity index (χ0v) is 18.9. The average Bonchev–Trinajstić information content (AvgIpc) is 3.53. The Balaban J connectivity index is 1.44. The highest BCUT2D eigenvalue weighted by Crippen LogP contribution is 2.41. The third-order valence-electron chi connectivity index (χ3n) is 5.76. The summed E-state index contributed by atoms with van der Waals surface area (Å²) in [6, 6.07) is 13.2. The second-order valence-electron chi connectivity index (χ2n) is 8.06. The van der Waals surface area contributed by atoms with Crippen molar-refractivity contribution in [3.63, 3.8) is 0 Å². The van der Waals surface area contributed by atoms with Gasteiger partial charge in [-0.05, 0) is 56.2 Å². The van der Waals surface area contributed by atoms with Crippen molar-refractivity contribution in [2.75, 3.05) is 12.4 Å².